The average Bonchev–Trinajstić information content (AvgIpc) is 2.91. The van der Waals surface area contributed by atoms with E-state index in [2.05, 4.69) is 21.7 Å². The van der Waals surface area contributed by atoms with Crippen molar-refractivity contribution >= 4 is 17.4 Å². The molecule has 0 aromatic carbocycles. The van der Waals surface area contributed by atoms with Crippen molar-refractivity contribution in [3.63, 3.8) is 0 Å². The SMILES string of the molecule is CC(O)CN(C(=O)NCCN1CCc2sccc2C1)C(C)C. The second-order valence-corrected chi connectivity index (χ2v) is 7.22. The number of carbonyl (C=O) groups excluding carboxylic acids is 1. The van der Waals surface area contributed by atoms with Crippen LogP contribution in [0, 0.1) is 0 Å². The largest absolute Gasteiger partial charge is 0.392 e. The molecule has 0 bridgehead atoms. The third-order valence-electron chi connectivity index (χ3n) is 3.94. The molecule has 2 heterocycles. The zero-order chi connectivity index (χ0) is 16.1. The van der Waals surface area contributed by atoms with E-state index in [4.69, 9.17) is 0 Å². The molecule has 1 aromatic heterocycles. The normalized spacial score (nSPS) is 16.4. The van der Waals surface area contributed by atoms with E-state index in [1.54, 1.807) is 11.8 Å². The standard InChI is InChI=1S/C16H27N3O2S/c1-12(2)19(10-13(3)20)16(21)17-6-8-18-7-4-15-14(11-18)5-9-22-15/h5,9,12-13,20H,4,6-8,10-11H2,1-3H3,(H,17,21). The van der Waals surface area contributed by atoms with E-state index < -0.39 is 6.10 Å². The lowest BCUT2D eigenvalue weighted by molar-refractivity contribution is 0.118. The minimum absolute atomic E-state index is 0.0814. The Kier molecular flexibility index (Phi) is 6.23. The van der Waals surface area contributed by atoms with Crippen molar-refractivity contribution in [3.8, 4) is 0 Å². The highest BCUT2D eigenvalue weighted by Gasteiger charge is 2.20. The van der Waals surface area contributed by atoms with Gasteiger partial charge in [0.2, 0.25) is 0 Å². The van der Waals surface area contributed by atoms with Gasteiger partial charge in [-0.15, -0.1) is 11.3 Å². The van der Waals surface area contributed by atoms with Gasteiger partial charge in [0.05, 0.1) is 6.10 Å². The summed E-state index contributed by atoms with van der Waals surface area (Å²) in [7, 11) is 0. The number of amides is 2. The third kappa shape index (κ3) is 4.69. The Morgan fingerprint density at radius 1 is 1.50 bits per heavy atom. The van der Waals surface area contributed by atoms with E-state index in [-0.39, 0.29) is 12.1 Å². The monoisotopic (exact) mass is 325 g/mol. The van der Waals surface area contributed by atoms with E-state index in [9.17, 15) is 9.90 Å². The molecule has 0 spiro atoms. The molecule has 2 rings (SSSR count). The lowest BCUT2D eigenvalue weighted by Crippen LogP contribution is -2.48. The predicted molar refractivity (Wildman–Crippen MR) is 90.2 cm³/mol. The number of thiophene rings is 1. The molecule has 1 unspecified atom stereocenters. The van der Waals surface area contributed by atoms with Crippen molar-refractivity contribution in [3.05, 3.63) is 21.9 Å². The molecule has 2 N–H and O–H groups in total. The minimum Gasteiger partial charge on any atom is -0.392 e. The highest BCUT2D eigenvalue weighted by molar-refractivity contribution is 7.10. The molecule has 0 radical (unpaired) electrons. The van der Waals surface area contributed by atoms with Gasteiger partial charge in [-0.25, -0.2) is 4.79 Å². The molecule has 1 atom stereocenters. The van der Waals surface area contributed by atoms with Crippen molar-refractivity contribution < 1.29 is 9.90 Å². The Morgan fingerprint density at radius 3 is 2.95 bits per heavy atom. The van der Waals surface area contributed by atoms with Crippen LogP contribution in [0.3, 0.4) is 0 Å². The molecule has 0 saturated carbocycles. The van der Waals surface area contributed by atoms with Gasteiger partial charge in [-0.05, 0) is 44.2 Å². The molecular weight excluding hydrogens is 298 g/mol. The van der Waals surface area contributed by atoms with Gasteiger partial charge in [0, 0.05) is 43.6 Å². The summed E-state index contributed by atoms with van der Waals surface area (Å²) >= 11 is 1.84. The van der Waals surface area contributed by atoms with Crippen molar-refractivity contribution in [2.45, 2.75) is 45.9 Å². The Balaban J connectivity index is 1.75. The van der Waals surface area contributed by atoms with E-state index in [0.29, 0.717) is 13.1 Å². The van der Waals surface area contributed by atoms with Crippen LogP contribution in [-0.2, 0) is 13.0 Å². The molecule has 2 amide bonds. The van der Waals surface area contributed by atoms with Gasteiger partial charge in [-0.3, -0.25) is 4.90 Å². The van der Waals surface area contributed by atoms with E-state index in [0.717, 1.165) is 26.1 Å². The summed E-state index contributed by atoms with van der Waals surface area (Å²) in [5, 5.41) is 14.6. The fraction of sp³-hybridized carbons (Fsp3) is 0.688. The van der Waals surface area contributed by atoms with Crippen LogP contribution in [0.4, 0.5) is 4.79 Å². The van der Waals surface area contributed by atoms with Crippen molar-refractivity contribution in [2.24, 2.45) is 0 Å². The number of aliphatic hydroxyl groups excluding tert-OH is 1. The van der Waals surface area contributed by atoms with Crippen LogP contribution in [0.2, 0.25) is 0 Å². The maximum Gasteiger partial charge on any atom is 0.317 e. The number of hydrogen-bond donors (Lipinski definition) is 2. The molecule has 6 heteroatoms. The number of carbonyl (C=O) groups is 1. The van der Waals surface area contributed by atoms with E-state index in [1.165, 1.54) is 10.4 Å². The molecular formula is C16H27N3O2S. The first-order valence-corrected chi connectivity index (χ1v) is 8.85. The van der Waals surface area contributed by atoms with Crippen LogP contribution in [0.25, 0.3) is 0 Å². The molecule has 0 saturated heterocycles. The first kappa shape index (κ1) is 17.2. The molecule has 1 aromatic rings. The van der Waals surface area contributed by atoms with Gasteiger partial charge in [0.25, 0.3) is 0 Å². The van der Waals surface area contributed by atoms with Crippen LogP contribution in [0.5, 0.6) is 0 Å². The summed E-state index contributed by atoms with van der Waals surface area (Å²) in [5.41, 5.74) is 1.43. The number of rotatable bonds is 6. The van der Waals surface area contributed by atoms with Crippen LogP contribution in [0.1, 0.15) is 31.2 Å². The van der Waals surface area contributed by atoms with Crippen molar-refractivity contribution in [2.75, 3.05) is 26.2 Å². The lowest BCUT2D eigenvalue weighted by atomic mass is 10.1. The molecule has 124 valence electrons. The summed E-state index contributed by atoms with van der Waals surface area (Å²) in [6.07, 6.45) is 0.605. The predicted octanol–water partition coefficient (Wildman–Crippen LogP) is 1.91. The van der Waals surface area contributed by atoms with Gasteiger partial charge in [-0.2, -0.15) is 0 Å². The van der Waals surface area contributed by atoms with Crippen LogP contribution in [0.15, 0.2) is 11.4 Å². The molecule has 22 heavy (non-hydrogen) atoms. The Hall–Kier alpha value is -1.11. The number of hydrogen-bond acceptors (Lipinski definition) is 4. The highest BCUT2D eigenvalue weighted by Crippen LogP contribution is 2.23. The second kappa shape index (κ2) is 7.94. The maximum atomic E-state index is 12.2. The average molecular weight is 325 g/mol. The molecule has 1 aliphatic rings. The van der Waals surface area contributed by atoms with E-state index >= 15 is 0 Å². The maximum absolute atomic E-state index is 12.2. The van der Waals surface area contributed by atoms with Crippen LogP contribution < -0.4 is 5.32 Å². The number of fused-ring (bicyclic) bond motifs is 1. The van der Waals surface area contributed by atoms with Gasteiger partial charge in [0.15, 0.2) is 0 Å². The third-order valence-corrected chi connectivity index (χ3v) is 4.96. The Morgan fingerprint density at radius 2 is 2.27 bits per heavy atom. The van der Waals surface area contributed by atoms with Crippen LogP contribution in [-0.4, -0.2) is 59.3 Å². The first-order valence-electron chi connectivity index (χ1n) is 7.97. The van der Waals surface area contributed by atoms with Crippen LogP contribution >= 0.6 is 11.3 Å². The number of aliphatic hydroxyl groups is 1. The van der Waals surface area contributed by atoms with Crippen molar-refractivity contribution in [1.82, 2.24) is 15.1 Å². The summed E-state index contributed by atoms with van der Waals surface area (Å²) in [4.78, 5) is 17.8. The lowest BCUT2D eigenvalue weighted by Gasteiger charge is -2.30. The quantitative estimate of drug-likeness (QED) is 0.840. The molecule has 0 aliphatic carbocycles. The molecule has 0 fully saturated rings. The minimum atomic E-state index is -0.507. The number of nitrogens with one attached hydrogen (secondary N) is 1. The van der Waals surface area contributed by atoms with Crippen molar-refractivity contribution in [1.29, 1.82) is 0 Å². The zero-order valence-corrected chi connectivity index (χ0v) is 14.5. The number of urea groups is 1. The topological polar surface area (TPSA) is 55.8 Å². The fourth-order valence-electron chi connectivity index (χ4n) is 2.73. The summed E-state index contributed by atoms with van der Waals surface area (Å²) in [5.74, 6) is 0. The van der Waals surface area contributed by atoms with Gasteiger partial charge in [-0.1, -0.05) is 0 Å². The summed E-state index contributed by atoms with van der Waals surface area (Å²) in [6, 6.07) is 2.19. The fourth-order valence-corrected chi connectivity index (χ4v) is 3.62. The molecule has 1 aliphatic heterocycles. The second-order valence-electron chi connectivity index (χ2n) is 6.22. The summed E-state index contributed by atoms with van der Waals surface area (Å²) in [6.45, 7) is 9.54. The Bertz CT molecular complexity index is 487. The van der Waals surface area contributed by atoms with Gasteiger partial charge in [0.1, 0.15) is 0 Å². The van der Waals surface area contributed by atoms with Gasteiger partial charge < -0.3 is 15.3 Å². The Labute approximate surface area is 136 Å². The molecule has 5 nitrogen and oxygen atoms in total. The number of nitrogens with zero attached hydrogens (tertiary/aromatic N) is 2. The van der Waals surface area contributed by atoms with E-state index in [1.807, 2.05) is 25.2 Å². The summed E-state index contributed by atoms with van der Waals surface area (Å²) < 4.78 is 0. The zero-order valence-electron chi connectivity index (χ0n) is 13.7. The first-order chi connectivity index (χ1) is 10.5. The highest BCUT2D eigenvalue weighted by atomic mass is 32.1. The van der Waals surface area contributed by atoms with Gasteiger partial charge >= 0.3 is 6.03 Å². The smallest absolute Gasteiger partial charge is 0.317 e.